The van der Waals surface area contributed by atoms with Crippen molar-refractivity contribution >= 4 is 5.91 Å². The minimum absolute atomic E-state index is 0.0368. The maximum absolute atomic E-state index is 13.6. The van der Waals surface area contributed by atoms with Crippen LogP contribution >= 0.6 is 0 Å². The van der Waals surface area contributed by atoms with Crippen molar-refractivity contribution in [1.29, 1.82) is 0 Å². The normalized spacial score (nSPS) is 37.0. The van der Waals surface area contributed by atoms with Crippen LogP contribution in [0.25, 0.3) is 0 Å². The third-order valence-electron chi connectivity index (χ3n) is 6.35. The highest BCUT2D eigenvalue weighted by molar-refractivity contribution is 5.81. The zero-order chi connectivity index (χ0) is 18.3. The number of hydrazine groups is 1. The number of aliphatic hydroxyl groups is 1. The van der Waals surface area contributed by atoms with Crippen LogP contribution in [0.3, 0.4) is 0 Å². The van der Waals surface area contributed by atoms with Crippen molar-refractivity contribution < 1.29 is 19.0 Å². The Morgan fingerprint density at radius 3 is 3.04 bits per heavy atom. The molecule has 26 heavy (non-hydrogen) atoms. The molecule has 5 atom stereocenters. The molecule has 1 saturated carbocycles. The molecule has 0 spiro atoms. The minimum atomic E-state index is -0.393. The second kappa shape index (κ2) is 6.88. The number of hydrogen-bond donors (Lipinski definition) is 3. The first-order valence-corrected chi connectivity index (χ1v) is 9.31. The summed E-state index contributed by atoms with van der Waals surface area (Å²) in [4.78, 5) is 15.2. The van der Waals surface area contributed by atoms with Gasteiger partial charge in [-0.3, -0.25) is 10.2 Å². The maximum Gasteiger partial charge on any atom is 0.229 e. The number of carbonyl (C=O) groups is 1. The van der Waals surface area contributed by atoms with Crippen LogP contribution in [-0.2, 0) is 9.53 Å². The van der Waals surface area contributed by atoms with Crippen molar-refractivity contribution in [2.24, 2.45) is 5.92 Å². The molecule has 1 aromatic carbocycles. The number of benzene rings is 1. The van der Waals surface area contributed by atoms with Gasteiger partial charge in [0.05, 0.1) is 29.7 Å². The van der Waals surface area contributed by atoms with E-state index in [2.05, 4.69) is 10.9 Å². The molecule has 2 heterocycles. The van der Waals surface area contributed by atoms with Gasteiger partial charge in [-0.1, -0.05) is 12.1 Å². The Balaban J connectivity index is 1.57. The Morgan fingerprint density at radius 2 is 2.27 bits per heavy atom. The number of nitrogens with one attached hydrogen (secondary N) is 2. The average molecular weight is 363 g/mol. The number of carbonyl (C=O) groups excluding carboxylic acids is 1. The molecular formula is C19H26FN3O3. The van der Waals surface area contributed by atoms with E-state index in [0.29, 0.717) is 25.9 Å². The standard InChI is InChI=1S/C19H26FN3O3/c1-26-19-6-5-14(24)10-16(19)23(8-7-19)18(25)15-11-21-22-17(15)12-3-2-4-13(20)9-12/h2-4,9,14-17,21-22,24H,5-8,10-11H2,1H3/t14-,15?,16-,17?,19+/m0/s1. The summed E-state index contributed by atoms with van der Waals surface area (Å²) in [6.45, 7) is 1.13. The van der Waals surface area contributed by atoms with Crippen molar-refractivity contribution in [3.63, 3.8) is 0 Å². The summed E-state index contributed by atoms with van der Waals surface area (Å²) >= 11 is 0. The Morgan fingerprint density at radius 1 is 1.42 bits per heavy atom. The van der Waals surface area contributed by atoms with Crippen molar-refractivity contribution in [3.05, 3.63) is 35.6 Å². The molecule has 4 rings (SSSR count). The lowest BCUT2D eigenvalue weighted by Gasteiger charge is -2.43. The molecule has 2 saturated heterocycles. The number of likely N-dealkylation sites (tertiary alicyclic amines) is 1. The molecule has 1 aliphatic carbocycles. The fraction of sp³-hybridized carbons (Fsp3) is 0.632. The number of rotatable bonds is 3. The summed E-state index contributed by atoms with van der Waals surface area (Å²) in [6, 6.07) is 6.00. The molecule has 7 heteroatoms. The molecule has 3 N–H and O–H groups in total. The molecule has 3 aliphatic rings. The zero-order valence-corrected chi connectivity index (χ0v) is 15.0. The van der Waals surface area contributed by atoms with E-state index in [1.54, 1.807) is 13.2 Å². The van der Waals surface area contributed by atoms with E-state index in [1.165, 1.54) is 12.1 Å². The largest absolute Gasteiger partial charge is 0.393 e. The van der Waals surface area contributed by atoms with Gasteiger partial charge >= 0.3 is 0 Å². The van der Waals surface area contributed by atoms with E-state index in [0.717, 1.165) is 18.4 Å². The lowest BCUT2D eigenvalue weighted by atomic mass is 9.79. The average Bonchev–Trinajstić information content (AvgIpc) is 3.26. The van der Waals surface area contributed by atoms with Gasteiger partial charge in [0.2, 0.25) is 5.91 Å². The quantitative estimate of drug-likeness (QED) is 0.751. The Labute approximate surface area is 152 Å². The molecule has 2 unspecified atom stereocenters. The number of ether oxygens (including phenoxy) is 1. The van der Waals surface area contributed by atoms with Gasteiger partial charge in [0.25, 0.3) is 0 Å². The lowest BCUT2D eigenvalue weighted by Crippen LogP contribution is -2.54. The van der Waals surface area contributed by atoms with Crippen molar-refractivity contribution in [3.8, 4) is 0 Å². The first kappa shape index (κ1) is 17.9. The van der Waals surface area contributed by atoms with Crippen molar-refractivity contribution in [2.45, 2.75) is 49.5 Å². The van der Waals surface area contributed by atoms with E-state index in [4.69, 9.17) is 4.74 Å². The van der Waals surface area contributed by atoms with Crippen LogP contribution in [0.1, 0.15) is 37.3 Å². The molecule has 142 valence electrons. The van der Waals surface area contributed by atoms with E-state index < -0.39 is 6.10 Å². The van der Waals surface area contributed by atoms with Gasteiger partial charge in [-0.2, -0.15) is 0 Å². The van der Waals surface area contributed by atoms with Gasteiger partial charge in [-0.05, 0) is 43.4 Å². The molecule has 1 amide bonds. The van der Waals surface area contributed by atoms with Gasteiger partial charge in [0, 0.05) is 20.2 Å². The highest BCUT2D eigenvalue weighted by Crippen LogP contribution is 2.43. The fourth-order valence-corrected chi connectivity index (χ4v) is 4.90. The highest BCUT2D eigenvalue weighted by Gasteiger charge is 2.53. The predicted molar refractivity (Wildman–Crippen MR) is 93.5 cm³/mol. The predicted octanol–water partition coefficient (Wildman–Crippen LogP) is 1.12. The summed E-state index contributed by atoms with van der Waals surface area (Å²) < 4.78 is 19.5. The molecule has 0 radical (unpaired) electrons. The summed E-state index contributed by atoms with van der Waals surface area (Å²) in [7, 11) is 1.70. The fourth-order valence-electron chi connectivity index (χ4n) is 4.90. The molecule has 0 bridgehead atoms. The van der Waals surface area contributed by atoms with Crippen molar-refractivity contribution in [1.82, 2.24) is 15.8 Å². The SMILES string of the molecule is CO[C@@]12CC[C@H](O)C[C@@H]1N(C(=O)C1CNNC1c1cccc(F)c1)CC2. The number of aliphatic hydroxyl groups excluding tert-OH is 1. The number of hydrogen-bond acceptors (Lipinski definition) is 5. The number of methoxy groups -OCH3 is 1. The van der Waals surface area contributed by atoms with Crippen LogP contribution in [0, 0.1) is 11.7 Å². The van der Waals surface area contributed by atoms with Crippen LogP contribution in [0.4, 0.5) is 4.39 Å². The third kappa shape index (κ3) is 2.93. The van der Waals surface area contributed by atoms with Gasteiger partial charge < -0.3 is 14.7 Å². The summed E-state index contributed by atoms with van der Waals surface area (Å²) in [5, 5.41) is 10.1. The molecule has 1 aromatic rings. The summed E-state index contributed by atoms with van der Waals surface area (Å²) in [6.07, 6.45) is 2.44. The van der Waals surface area contributed by atoms with Crippen molar-refractivity contribution in [2.75, 3.05) is 20.2 Å². The lowest BCUT2D eigenvalue weighted by molar-refractivity contribution is -0.143. The van der Waals surface area contributed by atoms with E-state index in [1.807, 2.05) is 11.0 Å². The van der Waals surface area contributed by atoms with Crippen LogP contribution in [-0.4, -0.2) is 53.9 Å². The Kier molecular flexibility index (Phi) is 4.73. The van der Waals surface area contributed by atoms with Gasteiger partial charge in [0.15, 0.2) is 0 Å². The highest BCUT2D eigenvalue weighted by atomic mass is 19.1. The Hall–Kier alpha value is -1.54. The van der Waals surface area contributed by atoms with Crippen LogP contribution in [0.15, 0.2) is 24.3 Å². The number of amides is 1. The van der Waals surface area contributed by atoms with E-state index in [9.17, 15) is 14.3 Å². The molecule has 6 nitrogen and oxygen atoms in total. The van der Waals surface area contributed by atoms with E-state index in [-0.39, 0.29) is 35.3 Å². The first-order valence-electron chi connectivity index (χ1n) is 9.31. The smallest absolute Gasteiger partial charge is 0.229 e. The van der Waals surface area contributed by atoms with E-state index >= 15 is 0 Å². The molecule has 0 aromatic heterocycles. The van der Waals surface area contributed by atoms with Gasteiger partial charge in [0.1, 0.15) is 5.82 Å². The molecule has 3 fully saturated rings. The zero-order valence-electron chi connectivity index (χ0n) is 15.0. The van der Waals surface area contributed by atoms with Crippen LogP contribution < -0.4 is 10.9 Å². The summed E-state index contributed by atoms with van der Waals surface area (Å²) in [5.74, 6) is -0.587. The van der Waals surface area contributed by atoms with Gasteiger partial charge in [-0.25, -0.2) is 9.82 Å². The van der Waals surface area contributed by atoms with Crippen LogP contribution in [0.5, 0.6) is 0 Å². The minimum Gasteiger partial charge on any atom is -0.393 e. The van der Waals surface area contributed by atoms with Crippen LogP contribution in [0.2, 0.25) is 0 Å². The monoisotopic (exact) mass is 363 g/mol. The number of fused-ring (bicyclic) bond motifs is 1. The number of halogens is 1. The molecule has 2 aliphatic heterocycles. The molecular weight excluding hydrogens is 337 g/mol. The number of nitrogens with zero attached hydrogens (tertiary/aromatic N) is 1. The maximum atomic E-state index is 13.6. The second-order valence-electron chi connectivity index (χ2n) is 7.66. The second-order valence-corrected chi connectivity index (χ2v) is 7.66. The first-order chi connectivity index (χ1) is 12.5. The third-order valence-corrected chi connectivity index (χ3v) is 6.35. The Bertz CT molecular complexity index is 688. The summed E-state index contributed by atoms with van der Waals surface area (Å²) in [5.41, 5.74) is 6.58. The topological polar surface area (TPSA) is 73.8 Å². The van der Waals surface area contributed by atoms with Gasteiger partial charge in [-0.15, -0.1) is 0 Å².